The van der Waals surface area contributed by atoms with E-state index in [-0.39, 0.29) is 31.0 Å². The van der Waals surface area contributed by atoms with Crippen molar-refractivity contribution in [3.8, 4) is 0 Å². The Bertz CT molecular complexity index is 983. The zero-order valence-electron chi connectivity index (χ0n) is 16.5. The minimum atomic E-state index is -2.64. The molecule has 5 rings (SSSR count). The Morgan fingerprint density at radius 1 is 1.27 bits per heavy atom. The number of fused-ring (bicyclic) bond motifs is 1. The van der Waals surface area contributed by atoms with Crippen LogP contribution >= 0.6 is 0 Å². The molecule has 3 unspecified atom stereocenters. The molecule has 0 saturated carbocycles. The number of halogens is 2. The number of benzene rings is 1. The monoisotopic (exact) mass is 412 g/mol. The van der Waals surface area contributed by atoms with Crippen LogP contribution in [0.3, 0.4) is 0 Å². The first-order valence-corrected chi connectivity index (χ1v) is 9.94. The molecule has 0 aromatic heterocycles. The lowest BCUT2D eigenvalue weighted by molar-refractivity contribution is -0.124. The Morgan fingerprint density at radius 3 is 2.77 bits per heavy atom. The molecular weight excluding hydrogens is 390 g/mol. The van der Waals surface area contributed by atoms with Crippen molar-refractivity contribution in [3.05, 3.63) is 65.6 Å². The van der Waals surface area contributed by atoms with Crippen LogP contribution < -0.4 is 10.2 Å². The van der Waals surface area contributed by atoms with Gasteiger partial charge in [0.1, 0.15) is 11.8 Å². The van der Waals surface area contributed by atoms with Gasteiger partial charge in [-0.25, -0.2) is 8.78 Å². The van der Waals surface area contributed by atoms with Gasteiger partial charge in [0, 0.05) is 30.4 Å². The number of nitrogens with zero attached hydrogens (tertiary/aromatic N) is 3. The minimum Gasteiger partial charge on any atom is -0.498 e. The van der Waals surface area contributed by atoms with E-state index in [9.17, 15) is 13.6 Å². The lowest BCUT2D eigenvalue weighted by Gasteiger charge is -2.30. The van der Waals surface area contributed by atoms with Crippen molar-refractivity contribution in [1.82, 2.24) is 10.2 Å². The van der Waals surface area contributed by atoms with Crippen LogP contribution in [-0.2, 0) is 9.53 Å². The number of carbonyl (C=O) groups excluding carboxylic acids is 1. The van der Waals surface area contributed by atoms with Gasteiger partial charge in [0.15, 0.2) is 0 Å². The van der Waals surface area contributed by atoms with E-state index in [1.165, 1.54) is 6.08 Å². The fourth-order valence-corrected chi connectivity index (χ4v) is 4.42. The summed E-state index contributed by atoms with van der Waals surface area (Å²) in [6.45, 7) is 0.0663. The summed E-state index contributed by atoms with van der Waals surface area (Å²) >= 11 is 0. The maximum Gasteiger partial charge on any atom is 0.266 e. The third-order valence-corrected chi connectivity index (χ3v) is 5.99. The maximum absolute atomic E-state index is 13.6. The molecule has 4 aliphatic rings. The lowest BCUT2D eigenvalue weighted by atomic mass is 9.99. The van der Waals surface area contributed by atoms with Crippen molar-refractivity contribution in [2.24, 2.45) is 4.99 Å². The zero-order chi connectivity index (χ0) is 20.9. The van der Waals surface area contributed by atoms with Gasteiger partial charge in [-0.15, -0.1) is 0 Å². The normalized spacial score (nSPS) is 29.0. The summed E-state index contributed by atoms with van der Waals surface area (Å²) in [6.07, 6.45) is 8.94. The molecule has 8 heteroatoms. The fraction of sp³-hybridized carbons (Fsp3) is 0.364. The second-order valence-corrected chi connectivity index (χ2v) is 7.89. The number of hydrogen-bond acceptors (Lipinski definition) is 5. The molecule has 1 aromatic rings. The van der Waals surface area contributed by atoms with E-state index >= 15 is 0 Å². The van der Waals surface area contributed by atoms with Crippen LogP contribution in [0.2, 0.25) is 0 Å². The summed E-state index contributed by atoms with van der Waals surface area (Å²) in [4.78, 5) is 20.6. The maximum atomic E-state index is 13.6. The first-order chi connectivity index (χ1) is 14.4. The Balaban J connectivity index is 1.43. The second-order valence-electron chi connectivity index (χ2n) is 7.89. The number of anilines is 1. The van der Waals surface area contributed by atoms with Gasteiger partial charge in [-0.2, -0.15) is 0 Å². The average Bonchev–Trinajstić information content (AvgIpc) is 3.43. The number of nitrogens with one attached hydrogen (secondary N) is 1. The van der Waals surface area contributed by atoms with Crippen LogP contribution in [0.5, 0.6) is 0 Å². The molecule has 3 aliphatic heterocycles. The van der Waals surface area contributed by atoms with Gasteiger partial charge in [-0.1, -0.05) is 18.2 Å². The quantitative estimate of drug-likeness (QED) is 0.826. The van der Waals surface area contributed by atoms with Crippen molar-refractivity contribution < 1.29 is 18.3 Å². The highest BCUT2D eigenvalue weighted by Gasteiger charge is 2.40. The smallest absolute Gasteiger partial charge is 0.266 e. The molecule has 30 heavy (non-hydrogen) atoms. The van der Waals surface area contributed by atoms with Crippen molar-refractivity contribution in [3.63, 3.8) is 0 Å². The Labute approximate surface area is 173 Å². The van der Waals surface area contributed by atoms with Crippen LogP contribution in [-0.4, -0.2) is 55.4 Å². The predicted molar refractivity (Wildman–Crippen MR) is 109 cm³/mol. The number of amides is 1. The second kappa shape index (κ2) is 6.97. The summed E-state index contributed by atoms with van der Waals surface area (Å²) in [7, 11) is 1.54. The van der Waals surface area contributed by atoms with Gasteiger partial charge in [0.25, 0.3) is 11.8 Å². The third-order valence-electron chi connectivity index (χ3n) is 5.99. The zero-order valence-corrected chi connectivity index (χ0v) is 16.5. The molecule has 3 atom stereocenters. The molecule has 1 aromatic carbocycles. The highest BCUT2D eigenvalue weighted by molar-refractivity contribution is 5.93. The van der Waals surface area contributed by atoms with Crippen LogP contribution in [0.4, 0.5) is 14.5 Å². The summed E-state index contributed by atoms with van der Waals surface area (Å²) in [5.41, 5.74) is 2.37. The first-order valence-electron chi connectivity index (χ1n) is 9.94. The van der Waals surface area contributed by atoms with Crippen LogP contribution in [0.1, 0.15) is 18.0 Å². The third kappa shape index (κ3) is 3.16. The summed E-state index contributed by atoms with van der Waals surface area (Å²) in [6, 6.07) is 7.05. The molecule has 1 saturated heterocycles. The van der Waals surface area contributed by atoms with Crippen molar-refractivity contribution >= 4 is 17.9 Å². The molecule has 156 valence electrons. The molecule has 1 N–H and O–H groups in total. The van der Waals surface area contributed by atoms with Gasteiger partial charge >= 0.3 is 0 Å². The van der Waals surface area contributed by atoms with Crippen LogP contribution in [0.25, 0.3) is 0 Å². The molecule has 0 bridgehead atoms. The highest BCUT2D eigenvalue weighted by Crippen LogP contribution is 2.40. The Morgan fingerprint density at radius 2 is 2.07 bits per heavy atom. The number of rotatable bonds is 4. The van der Waals surface area contributed by atoms with Gasteiger partial charge < -0.3 is 15.0 Å². The number of aliphatic imine (C=N–C) groups is 1. The molecule has 1 aliphatic carbocycles. The molecular formula is C22H22F2N4O2. The SMILES string of the molecule is COC1=CC(=O)N(C2=CC3N=CNC3C=C2)C1c1ccc(N2CCC(F)(F)C2)cc1. The van der Waals surface area contributed by atoms with Gasteiger partial charge in [-0.05, 0) is 29.8 Å². The van der Waals surface area contributed by atoms with E-state index in [0.717, 1.165) is 16.9 Å². The molecule has 1 amide bonds. The largest absolute Gasteiger partial charge is 0.498 e. The average molecular weight is 412 g/mol. The summed E-state index contributed by atoms with van der Waals surface area (Å²) in [5.74, 6) is -2.26. The summed E-state index contributed by atoms with van der Waals surface area (Å²) in [5, 5.41) is 3.16. The van der Waals surface area contributed by atoms with E-state index in [0.29, 0.717) is 12.3 Å². The van der Waals surface area contributed by atoms with Crippen LogP contribution in [0.15, 0.2) is 65.0 Å². The topological polar surface area (TPSA) is 57.2 Å². The van der Waals surface area contributed by atoms with E-state index in [1.807, 2.05) is 42.5 Å². The predicted octanol–water partition coefficient (Wildman–Crippen LogP) is 2.77. The number of allylic oxidation sites excluding steroid dienone is 1. The number of ether oxygens (including phenoxy) is 1. The number of carbonyl (C=O) groups is 1. The van der Waals surface area contributed by atoms with Crippen molar-refractivity contribution in [2.75, 3.05) is 25.1 Å². The molecule has 0 radical (unpaired) electrons. The molecule has 0 spiro atoms. The van der Waals surface area contributed by atoms with E-state index in [1.54, 1.807) is 23.2 Å². The Kier molecular flexibility index (Phi) is 4.38. The first kappa shape index (κ1) is 18.8. The van der Waals surface area contributed by atoms with Crippen molar-refractivity contribution in [2.45, 2.75) is 30.5 Å². The lowest BCUT2D eigenvalue weighted by Crippen LogP contribution is -2.35. The molecule has 6 nitrogen and oxygen atoms in total. The number of methoxy groups -OCH3 is 1. The van der Waals surface area contributed by atoms with Gasteiger partial charge in [0.2, 0.25) is 0 Å². The highest BCUT2D eigenvalue weighted by atomic mass is 19.3. The molecule has 1 fully saturated rings. The van der Waals surface area contributed by atoms with Gasteiger partial charge in [-0.3, -0.25) is 14.7 Å². The summed E-state index contributed by atoms with van der Waals surface area (Å²) < 4.78 is 32.6. The minimum absolute atomic E-state index is 0.0516. The van der Waals surface area contributed by atoms with E-state index < -0.39 is 12.0 Å². The van der Waals surface area contributed by atoms with E-state index in [4.69, 9.17) is 4.74 Å². The number of alkyl halides is 2. The fourth-order valence-electron chi connectivity index (χ4n) is 4.42. The van der Waals surface area contributed by atoms with E-state index in [2.05, 4.69) is 10.3 Å². The molecule has 3 heterocycles. The van der Waals surface area contributed by atoms with Gasteiger partial charge in [0.05, 0.1) is 32.1 Å². The standard InChI is InChI=1S/C22H22F2N4O2/c1-30-19-11-20(29)28(16-6-7-17-18(10-16)26-13-25-17)21(19)14-2-4-15(5-3-14)27-9-8-22(23,24)12-27/h2-7,10-11,13,17-18,21H,8-9,12H2,1H3,(H,25,26). The van der Waals surface area contributed by atoms with Crippen molar-refractivity contribution in [1.29, 1.82) is 0 Å². The van der Waals surface area contributed by atoms with Crippen LogP contribution in [0, 0.1) is 0 Å². The number of hydrogen-bond donors (Lipinski definition) is 1. The Hall–Kier alpha value is -3.16.